The van der Waals surface area contributed by atoms with Crippen LogP contribution in [0.15, 0.2) is 41.4 Å². The van der Waals surface area contributed by atoms with E-state index < -0.39 is 56.1 Å². The van der Waals surface area contributed by atoms with Gasteiger partial charge in [-0.1, -0.05) is 0 Å². The van der Waals surface area contributed by atoms with Crippen molar-refractivity contribution < 1.29 is 35.3 Å². The van der Waals surface area contributed by atoms with Crippen LogP contribution in [0, 0.1) is 39.2 Å². The van der Waals surface area contributed by atoms with Crippen molar-refractivity contribution >= 4 is 21.5 Å². The number of benzene rings is 2. The van der Waals surface area contributed by atoms with Crippen molar-refractivity contribution in [1.82, 2.24) is 9.78 Å². The molecule has 0 atom stereocenters. The number of nitro benzene ring substituents is 1. The van der Waals surface area contributed by atoms with Gasteiger partial charge in [-0.05, 0) is 12.1 Å². The predicted molar refractivity (Wildman–Crippen MR) is 91.5 cm³/mol. The lowest BCUT2D eigenvalue weighted by molar-refractivity contribution is -0.384. The Kier molecular flexibility index (Phi) is 5.43. The summed E-state index contributed by atoms with van der Waals surface area (Å²) < 4.78 is 94.5. The number of sulfonamides is 1. The molecule has 0 radical (unpaired) electrons. The number of nitro groups is 1. The number of hydrogen-bond donors (Lipinski definition) is 1. The fourth-order valence-corrected chi connectivity index (χ4v) is 3.40. The largest absolute Gasteiger partial charge is 0.269 e. The monoisotopic (exact) mass is 448 g/mol. The zero-order chi connectivity index (χ0) is 22.2. The van der Waals surface area contributed by atoms with E-state index in [1.165, 1.54) is 0 Å². The van der Waals surface area contributed by atoms with Crippen LogP contribution in [-0.4, -0.2) is 23.1 Å². The van der Waals surface area contributed by atoms with Gasteiger partial charge in [0.25, 0.3) is 15.7 Å². The van der Waals surface area contributed by atoms with Gasteiger partial charge in [0, 0.05) is 24.4 Å². The normalized spacial score (nSPS) is 11.5. The summed E-state index contributed by atoms with van der Waals surface area (Å²) in [6.45, 7) is -0.870. The predicted octanol–water partition coefficient (Wildman–Crippen LogP) is 3.34. The summed E-state index contributed by atoms with van der Waals surface area (Å²) in [5.74, 6) is -10.9. The SMILES string of the molecule is O=[N+]([O-])c1ccc(S(=O)(=O)Nc2ccn(Cc3c(F)c(F)c(F)c(F)c3F)n2)cc1. The van der Waals surface area contributed by atoms with Gasteiger partial charge in [0.2, 0.25) is 5.82 Å². The van der Waals surface area contributed by atoms with Crippen molar-refractivity contribution in [3.63, 3.8) is 0 Å². The van der Waals surface area contributed by atoms with Crippen LogP contribution in [-0.2, 0) is 16.6 Å². The number of hydrogen-bond acceptors (Lipinski definition) is 5. The maximum absolute atomic E-state index is 13.8. The first-order chi connectivity index (χ1) is 14.0. The molecule has 0 aliphatic carbocycles. The minimum atomic E-state index is -4.22. The molecular weight excluding hydrogens is 439 g/mol. The smallest absolute Gasteiger partial charge is 0.266 e. The van der Waals surface area contributed by atoms with E-state index in [9.17, 15) is 40.5 Å². The number of nitrogens with zero attached hydrogens (tertiary/aromatic N) is 3. The van der Waals surface area contributed by atoms with E-state index in [1.54, 1.807) is 0 Å². The third kappa shape index (κ3) is 3.94. The molecule has 2 aromatic carbocycles. The highest BCUT2D eigenvalue weighted by Crippen LogP contribution is 2.24. The molecule has 14 heteroatoms. The van der Waals surface area contributed by atoms with Gasteiger partial charge < -0.3 is 0 Å². The third-order valence-corrected chi connectivity index (χ3v) is 5.23. The quantitative estimate of drug-likeness (QED) is 0.205. The molecule has 3 rings (SSSR count). The Morgan fingerprint density at radius 2 is 1.47 bits per heavy atom. The molecule has 8 nitrogen and oxygen atoms in total. The molecule has 1 heterocycles. The Balaban J connectivity index is 1.83. The minimum absolute atomic E-state index is 0.322. The van der Waals surface area contributed by atoms with Gasteiger partial charge in [-0.3, -0.25) is 19.5 Å². The summed E-state index contributed by atoms with van der Waals surface area (Å²) in [7, 11) is -4.22. The molecule has 30 heavy (non-hydrogen) atoms. The van der Waals surface area contributed by atoms with Gasteiger partial charge in [-0.15, -0.1) is 0 Å². The number of halogens is 5. The molecule has 1 N–H and O–H groups in total. The number of rotatable bonds is 6. The molecule has 0 amide bonds. The highest BCUT2D eigenvalue weighted by molar-refractivity contribution is 7.92. The summed E-state index contributed by atoms with van der Waals surface area (Å²) in [6, 6.07) is 4.97. The number of non-ortho nitro benzene ring substituents is 1. The molecule has 0 fully saturated rings. The zero-order valence-corrected chi connectivity index (χ0v) is 15.3. The first kappa shape index (κ1) is 21.2. The molecule has 1 aromatic heterocycles. The van der Waals surface area contributed by atoms with Crippen LogP contribution >= 0.6 is 0 Å². The van der Waals surface area contributed by atoms with Crippen LogP contribution in [0.25, 0.3) is 0 Å². The second-order valence-corrected chi connectivity index (χ2v) is 7.49. The fraction of sp³-hybridized carbons (Fsp3) is 0.0625. The van der Waals surface area contributed by atoms with Gasteiger partial charge in [0.05, 0.1) is 21.9 Å². The van der Waals surface area contributed by atoms with Gasteiger partial charge in [-0.25, -0.2) is 30.4 Å². The Morgan fingerprint density at radius 1 is 0.933 bits per heavy atom. The molecule has 0 bridgehead atoms. The lowest BCUT2D eigenvalue weighted by Crippen LogP contribution is -2.14. The number of anilines is 1. The Bertz CT molecular complexity index is 1220. The summed E-state index contributed by atoms with van der Waals surface area (Å²) in [6.07, 6.45) is 1.05. The molecular formula is C16H9F5N4O4S. The third-order valence-electron chi connectivity index (χ3n) is 3.86. The molecule has 3 aromatic rings. The molecule has 0 aliphatic rings. The second-order valence-electron chi connectivity index (χ2n) is 5.80. The molecule has 0 saturated carbocycles. The molecule has 0 unspecified atom stereocenters. The average molecular weight is 448 g/mol. The van der Waals surface area contributed by atoms with E-state index in [2.05, 4.69) is 5.10 Å². The Labute approximate surface area is 164 Å². The van der Waals surface area contributed by atoms with Gasteiger partial charge in [0.1, 0.15) is 0 Å². The van der Waals surface area contributed by atoms with E-state index in [-0.39, 0.29) is 16.4 Å². The lowest BCUT2D eigenvalue weighted by Gasteiger charge is -2.08. The highest BCUT2D eigenvalue weighted by Gasteiger charge is 2.26. The van der Waals surface area contributed by atoms with Crippen molar-refractivity contribution in [3.8, 4) is 0 Å². The lowest BCUT2D eigenvalue weighted by atomic mass is 10.1. The van der Waals surface area contributed by atoms with Crippen molar-refractivity contribution in [2.24, 2.45) is 0 Å². The van der Waals surface area contributed by atoms with E-state index >= 15 is 0 Å². The van der Waals surface area contributed by atoms with Gasteiger partial charge in [0.15, 0.2) is 29.1 Å². The first-order valence-electron chi connectivity index (χ1n) is 7.82. The van der Waals surface area contributed by atoms with Crippen molar-refractivity contribution in [2.45, 2.75) is 11.4 Å². The van der Waals surface area contributed by atoms with Gasteiger partial charge >= 0.3 is 0 Å². The minimum Gasteiger partial charge on any atom is -0.266 e. The van der Waals surface area contributed by atoms with Crippen LogP contribution in [0.2, 0.25) is 0 Å². The fourth-order valence-electron chi connectivity index (χ4n) is 2.40. The topological polar surface area (TPSA) is 107 Å². The first-order valence-corrected chi connectivity index (χ1v) is 9.30. The van der Waals surface area contributed by atoms with E-state index in [4.69, 9.17) is 0 Å². The standard InChI is InChI=1S/C16H9F5N4O4S/c17-12-10(13(18)15(20)16(21)14(12)19)7-24-6-5-11(22-24)23-30(28,29)9-3-1-8(2-4-9)25(26)27/h1-6H,7H2,(H,22,23). The molecule has 158 valence electrons. The van der Waals surface area contributed by atoms with Crippen LogP contribution < -0.4 is 4.72 Å². The molecule has 0 aliphatic heterocycles. The van der Waals surface area contributed by atoms with Gasteiger partial charge in [-0.2, -0.15) is 5.10 Å². The zero-order valence-electron chi connectivity index (χ0n) is 14.4. The van der Waals surface area contributed by atoms with Crippen LogP contribution in [0.3, 0.4) is 0 Å². The maximum Gasteiger partial charge on any atom is 0.269 e. The van der Waals surface area contributed by atoms with Crippen molar-refractivity contribution in [2.75, 3.05) is 4.72 Å². The Morgan fingerprint density at radius 3 is 2.00 bits per heavy atom. The van der Waals surface area contributed by atoms with Crippen LogP contribution in [0.5, 0.6) is 0 Å². The number of nitrogens with one attached hydrogen (secondary N) is 1. The second kappa shape index (κ2) is 7.70. The summed E-state index contributed by atoms with van der Waals surface area (Å²) in [5, 5.41) is 14.3. The van der Waals surface area contributed by atoms with Crippen molar-refractivity contribution in [1.29, 1.82) is 0 Å². The summed E-state index contributed by atoms with van der Waals surface area (Å²) in [4.78, 5) is 9.57. The van der Waals surface area contributed by atoms with E-state index in [1.807, 2.05) is 4.72 Å². The number of aromatic nitrogens is 2. The highest BCUT2D eigenvalue weighted by atomic mass is 32.2. The molecule has 0 saturated heterocycles. The van der Waals surface area contributed by atoms with E-state index in [0.717, 1.165) is 41.2 Å². The molecule has 0 spiro atoms. The van der Waals surface area contributed by atoms with Crippen LogP contribution in [0.1, 0.15) is 5.56 Å². The summed E-state index contributed by atoms with van der Waals surface area (Å²) in [5.41, 5.74) is -1.49. The van der Waals surface area contributed by atoms with E-state index in [0.29, 0.717) is 0 Å². The summed E-state index contributed by atoms with van der Waals surface area (Å²) >= 11 is 0. The average Bonchev–Trinajstić information content (AvgIpc) is 3.14. The maximum atomic E-state index is 13.8. The Hall–Kier alpha value is -3.55. The van der Waals surface area contributed by atoms with Crippen molar-refractivity contribution in [3.05, 3.63) is 81.3 Å². The van der Waals surface area contributed by atoms with Crippen LogP contribution in [0.4, 0.5) is 33.5 Å².